The molecule has 1 aliphatic rings. The number of amides is 2. The van der Waals surface area contributed by atoms with Crippen molar-refractivity contribution in [2.45, 2.75) is 32.7 Å². The second-order valence-electron chi connectivity index (χ2n) is 6.46. The zero-order valence-electron chi connectivity index (χ0n) is 12.8. The molecule has 1 atom stereocenters. The van der Waals surface area contributed by atoms with Gasteiger partial charge in [-0.1, -0.05) is 0 Å². The van der Waals surface area contributed by atoms with Crippen LogP contribution in [0.4, 0.5) is 0 Å². The first-order valence-electron chi connectivity index (χ1n) is 6.89. The third kappa shape index (κ3) is 3.32. The van der Waals surface area contributed by atoms with Crippen LogP contribution in [0, 0.1) is 5.92 Å². The molecule has 8 nitrogen and oxygen atoms in total. The fraction of sp³-hybridized carbons (Fsp3) is 0.692. The summed E-state index contributed by atoms with van der Waals surface area (Å²) in [5.74, 6) is -0.174. The van der Waals surface area contributed by atoms with Gasteiger partial charge in [0.25, 0.3) is 5.91 Å². The molecule has 1 saturated heterocycles. The second-order valence-corrected chi connectivity index (χ2v) is 6.46. The van der Waals surface area contributed by atoms with Crippen LogP contribution in [0.3, 0.4) is 0 Å². The topological polar surface area (TPSA) is 102 Å². The van der Waals surface area contributed by atoms with Crippen LogP contribution in [-0.2, 0) is 4.79 Å². The van der Waals surface area contributed by atoms with Gasteiger partial charge in [0, 0.05) is 38.0 Å². The summed E-state index contributed by atoms with van der Waals surface area (Å²) < 4.78 is 0. The molecule has 1 fully saturated rings. The number of hydrogen-bond acceptors (Lipinski definition) is 4. The number of H-pyrrole nitrogens is 2. The van der Waals surface area contributed by atoms with Gasteiger partial charge in [-0.2, -0.15) is 0 Å². The predicted molar refractivity (Wildman–Crippen MR) is 75.7 cm³/mol. The van der Waals surface area contributed by atoms with Gasteiger partial charge in [-0.05, 0) is 20.8 Å². The molecule has 1 aliphatic heterocycles. The summed E-state index contributed by atoms with van der Waals surface area (Å²) >= 11 is 0. The van der Waals surface area contributed by atoms with Gasteiger partial charge in [0.2, 0.25) is 11.7 Å². The summed E-state index contributed by atoms with van der Waals surface area (Å²) in [5.41, 5.74) is -0.719. The lowest BCUT2D eigenvalue weighted by molar-refractivity contribution is -0.131. The van der Waals surface area contributed by atoms with Crippen LogP contribution in [-0.4, -0.2) is 62.5 Å². The van der Waals surface area contributed by atoms with Gasteiger partial charge in [-0.25, -0.2) is 9.89 Å². The molecule has 0 bridgehead atoms. The molecule has 1 unspecified atom stereocenters. The lowest BCUT2D eigenvalue weighted by Gasteiger charge is -2.32. The largest absolute Gasteiger partial charge is 0.341 e. The number of nitrogens with zero attached hydrogens (tertiary/aromatic N) is 3. The van der Waals surface area contributed by atoms with Crippen molar-refractivity contribution in [1.29, 1.82) is 0 Å². The maximum atomic E-state index is 12.1. The fourth-order valence-electron chi connectivity index (χ4n) is 2.57. The van der Waals surface area contributed by atoms with Crippen molar-refractivity contribution in [2.75, 3.05) is 20.1 Å². The Bertz CT molecular complexity index is 597. The molecule has 2 amide bonds. The Balaban J connectivity index is 1.98. The lowest BCUT2D eigenvalue weighted by atomic mass is 10.1. The van der Waals surface area contributed by atoms with Gasteiger partial charge < -0.3 is 9.80 Å². The first-order valence-corrected chi connectivity index (χ1v) is 6.89. The number of hydrogen-bond donors (Lipinski definition) is 2. The van der Waals surface area contributed by atoms with E-state index in [0.29, 0.717) is 19.5 Å². The summed E-state index contributed by atoms with van der Waals surface area (Å²) in [5, 5.41) is 5.78. The van der Waals surface area contributed by atoms with Crippen molar-refractivity contribution in [3.05, 3.63) is 16.3 Å². The van der Waals surface area contributed by atoms with E-state index in [1.165, 1.54) is 4.90 Å². The Labute approximate surface area is 122 Å². The number of carbonyl (C=O) groups is 2. The SMILES string of the molecule is CN(CC1CC(=O)N(C(C)(C)C)C1)C(=O)c1n[nH]c(=O)[nH]1. The summed E-state index contributed by atoms with van der Waals surface area (Å²) in [6, 6.07) is 0. The molecule has 0 radical (unpaired) electrons. The van der Waals surface area contributed by atoms with Gasteiger partial charge in [-0.15, -0.1) is 5.10 Å². The number of rotatable bonds is 3. The number of nitrogens with one attached hydrogen (secondary N) is 2. The quantitative estimate of drug-likeness (QED) is 0.807. The van der Waals surface area contributed by atoms with E-state index in [1.807, 2.05) is 25.7 Å². The van der Waals surface area contributed by atoms with Gasteiger partial charge in [0.05, 0.1) is 0 Å². The van der Waals surface area contributed by atoms with Crippen molar-refractivity contribution in [1.82, 2.24) is 25.0 Å². The Morgan fingerprint density at radius 3 is 2.57 bits per heavy atom. The van der Waals surface area contributed by atoms with Crippen molar-refractivity contribution >= 4 is 11.8 Å². The monoisotopic (exact) mass is 295 g/mol. The molecule has 2 N–H and O–H groups in total. The Morgan fingerprint density at radius 2 is 2.10 bits per heavy atom. The van der Waals surface area contributed by atoms with Crippen LogP contribution in [0.15, 0.2) is 4.79 Å². The van der Waals surface area contributed by atoms with Crippen LogP contribution in [0.5, 0.6) is 0 Å². The summed E-state index contributed by atoms with van der Waals surface area (Å²) in [6.07, 6.45) is 0.436. The fourth-order valence-corrected chi connectivity index (χ4v) is 2.57. The maximum absolute atomic E-state index is 12.1. The van der Waals surface area contributed by atoms with Crippen molar-refractivity contribution in [3.63, 3.8) is 0 Å². The van der Waals surface area contributed by atoms with E-state index in [1.54, 1.807) is 7.05 Å². The Kier molecular flexibility index (Phi) is 3.89. The van der Waals surface area contributed by atoms with Gasteiger partial charge in [0.15, 0.2) is 0 Å². The predicted octanol–water partition coefficient (Wildman–Crippen LogP) is -0.183. The molecule has 2 rings (SSSR count). The molecule has 0 aliphatic carbocycles. The number of aromatic nitrogens is 3. The molecule has 0 saturated carbocycles. The van der Waals surface area contributed by atoms with E-state index in [9.17, 15) is 14.4 Å². The van der Waals surface area contributed by atoms with E-state index in [4.69, 9.17) is 0 Å². The second kappa shape index (κ2) is 5.34. The highest BCUT2D eigenvalue weighted by Gasteiger charge is 2.37. The van der Waals surface area contributed by atoms with E-state index >= 15 is 0 Å². The highest BCUT2D eigenvalue weighted by molar-refractivity contribution is 5.90. The zero-order chi connectivity index (χ0) is 15.8. The van der Waals surface area contributed by atoms with E-state index < -0.39 is 5.69 Å². The van der Waals surface area contributed by atoms with Crippen molar-refractivity contribution < 1.29 is 9.59 Å². The van der Waals surface area contributed by atoms with Gasteiger partial charge >= 0.3 is 5.69 Å². The van der Waals surface area contributed by atoms with Crippen LogP contribution < -0.4 is 5.69 Å². The first-order chi connectivity index (χ1) is 9.68. The smallest absolute Gasteiger partial charge is 0.339 e. The minimum atomic E-state index is -0.512. The summed E-state index contributed by atoms with van der Waals surface area (Å²) in [4.78, 5) is 40.7. The van der Waals surface area contributed by atoms with Crippen molar-refractivity contribution in [3.8, 4) is 0 Å². The van der Waals surface area contributed by atoms with Crippen LogP contribution >= 0.6 is 0 Å². The molecular formula is C13H21N5O3. The average molecular weight is 295 g/mol. The van der Waals surface area contributed by atoms with Crippen LogP contribution in [0.2, 0.25) is 0 Å². The molecule has 8 heteroatoms. The maximum Gasteiger partial charge on any atom is 0.341 e. The number of aromatic amines is 2. The van der Waals surface area contributed by atoms with Crippen molar-refractivity contribution in [2.24, 2.45) is 5.92 Å². The van der Waals surface area contributed by atoms with E-state index in [2.05, 4.69) is 15.2 Å². The highest BCUT2D eigenvalue weighted by atomic mass is 16.2. The van der Waals surface area contributed by atoms with Crippen LogP contribution in [0.1, 0.15) is 37.8 Å². The molecule has 21 heavy (non-hydrogen) atoms. The molecule has 1 aromatic rings. The molecule has 1 aromatic heterocycles. The molecule has 2 heterocycles. The molecule has 116 valence electrons. The first kappa shape index (κ1) is 15.3. The number of carbonyl (C=O) groups excluding carboxylic acids is 2. The normalized spacial score (nSPS) is 19.1. The molecular weight excluding hydrogens is 274 g/mol. The average Bonchev–Trinajstić information content (AvgIpc) is 2.94. The molecule has 0 aromatic carbocycles. The van der Waals surface area contributed by atoms with E-state index in [0.717, 1.165) is 0 Å². The standard InChI is InChI=1S/C13H21N5O3/c1-13(2,3)18-7-8(5-9(18)19)6-17(4)11(20)10-14-12(21)16-15-10/h8H,5-7H2,1-4H3,(H2,14,15,16,21). The Morgan fingerprint density at radius 1 is 1.43 bits per heavy atom. The Hall–Kier alpha value is -2.12. The zero-order valence-corrected chi connectivity index (χ0v) is 12.8. The van der Waals surface area contributed by atoms with Crippen LogP contribution in [0.25, 0.3) is 0 Å². The van der Waals surface area contributed by atoms with Gasteiger partial charge in [0.1, 0.15) is 0 Å². The minimum Gasteiger partial charge on any atom is -0.339 e. The summed E-state index contributed by atoms with van der Waals surface area (Å²) in [6.45, 7) is 7.08. The third-order valence-corrected chi connectivity index (χ3v) is 3.60. The molecule has 0 spiro atoms. The number of likely N-dealkylation sites (tertiary alicyclic amines) is 1. The minimum absolute atomic E-state index is 0.0144. The third-order valence-electron chi connectivity index (χ3n) is 3.60. The highest BCUT2D eigenvalue weighted by Crippen LogP contribution is 2.26. The summed E-state index contributed by atoms with van der Waals surface area (Å²) in [7, 11) is 1.64. The van der Waals surface area contributed by atoms with Gasteiger partial charge in [-0.3, -0.25) is 14.6 Å². The van der Waals surface area contributed by atoms with E-state index in [-0.39, 0.29) is 29.1 Å². The lowest BCUT2D eigenvalue weighted by Crippen LogP contribution is -2.43.